The van der Waals surface area contributed by atoms with E-state index in [0.29, 0.717) is 25.8 Å². The minimum atomic E-state index is -0.795. The second-order valence-corrected chi connectivity index (χ2v) is 5.35. The largest absolute Gasteiger partial charge is 0.481 e. The molecule has 0 aromatic carbocycles. The SMILES string of the molecule is CN(C)C1(CNC(=O)CCCCC(=O)O)CCC1. The van der Waals surface area contributed by atoms with Gasteiger partial charge in [0.25, 0.3) is 0 Å². The Labute approximate surface area is 109 Å². The van der Waals surface area contributed by atoms with Crippen molar-refractivity contribution in [1.29, 1.82) is 0 Å². The molecule has 0 radical (unpaired) electrons. The first kappa shape index (κ1) is 15.0. The molecule has 18 heavy (non-hydrogen) atoms. The van der Waals surface area contributed by atoms with Crippen LogP contribution >= 0.6 is 0 Å². The van der Waals surface area contributed by atoms with Gasteiger partial charge in [0.2, 0.25) is 5.91 Å². The highest BCUT2D eigenvalue weighted by Crippen LogP contribution is 2.35. The predicted molar refractivity (Wildman–Crippen MR) is 69.4 cm³/mol. The van der Waals surface area contributed by atoms with Crippen molar-refractivity contribution in [3.05, 3.63) is 0 Å². The molecule has 104 valence electrons. The average molecular weight is 256 g/mol. The molecule has 0 saturated heterocycles. The predicted octanol–water partition coefficient (Wildman–Crippen LogP) is 1.23. The topological polar surface area (TPSA) is 69.6 Å². The molecule has 2 N–H and O–H groups in total. The number of nitrogens with one attached hydrogen (secondary N) is 1. The van der Waals surface area contributed by atoms with E-state index >= 15 is 0 Å². The van der Waals surface area contributed by atoms with Gasteiger partial charge in [-0.2, -0.15) is 0 Å². The van der Waals surface area contributed by atoms with Crippen LogP contribution < -0.4 is 5.32 Å². The van der Waals surface area contributed by atoms with Crippen molar-refractivity contribution >= 4 is 11.9 Å². The van der Waals surface area contributed by atoms with Gasteiger partial charge < -0.3 is 15.3 Å². The van der Waals surface area contributed by atoms with E-state index in [2.05, 4.69) is 24.3 Å². The zero-order valence-electron chi connectivity index (χ0n) is 11.4. The molecule has 0 atom stereocenters. The summed E-state index contributed by atoms with van der Waals surface area (Å²) in [6.07, 6.45) is 5.30. The molecule has 1 fully saturated rings. The summed E-state index contributed by atoms with van der Waals surface area (Å²) in [6, 6.07) is 0. The summed E-state index contributed by atoms with van der Waals surface area (Å²) in [4.78, 5) is 24.1. The third kappa shape index (κ3) is 4.29. The van der Waals surface area contributed by atoms with Gasteiger partial charge in [-0.3, -0.25) is 9.59 Å². The Hall–Kier alpha value is -1.10. The Kier molecular flexibility index (Phi) is 5.59. The Morgan fingerprint density at radius 2 is 1.83 bits per heavy atom. The average Bonchev–Trinajstić information content (AvgIpc) is 2.22. The van der Waals surface area contributed by atoms with Gasteiger partial charge in [0.15, 0.2) is 0 Å². The van der Waals surface area contributed by atoms with Crippen LogP contribution in [0.15, 0.2) is 0 Å². The zero-order chi connectivity index (χ0) is 13.6. The van der Waals surface area contributed by atoms with Crippen LogP contribution in [0.3, 0.4) is 0 Å². The smallest absolute Gasteiger partial charge is 0.303 e. The van der Waals surface area contributed by atoms with E-state index in [4.69, 9.17) is 5.11 Å². The van der Waals surface area contributed by atoms with E-state index in [0.717, 1.165) is 12.8 Å². The number of carbonyl (C=O) groups is 2. The monoisotopic (exact) mass is 256 g/mol. The van der Waals surface area contributed by atoms with E-state index in [9.17, 15) is 9.59 Å². The highest BCUT2D eigenvalue weighted by Gasteiger charge is 2.38. The number of aliphatic carboxylic acids is 1. The fraction of sp³-hybridized carbons (Fsp3) is 0.846. The van der Waals surface area contributed by atoms with Crippen LogP contribution in [0.1, 0.15) is 44.9 Å². The molecule has 0 aromatic rings. The Morgan fingerprint density at radius 1 is 1.22 bits per heavy atom. The van der Waals surface area contributed by atoms with E-state index in [1.54, 1.807) is 0 Å². The van der Waals surface area contributed by atoms with Gasteiger partial charge in [0, 0.05) is 24.9 Å². The number of carboxylic acids is 1. The number of hydrogen-bond acceptors (Lipinski definition) is 3. The standard InChI is InChI=1S/C13H24N2O3/c1-15(2)13(8-5-9-13)10-14-11(16)6-3-4-7-12(17)18/h3-10H2,1-2H3,(H,14,16)(H,17,18). The van der Waals surface area contributed by atoms with Crippen LogP contribution in [0.25, 0.3) is 0 Å². The summed E-state index contributed by atoms with van der Waals surface area (Å²) in [5.74, 6) is -0.759. The van der Waals surface area contributed by atoms with Crippen molar-refractivity contribution < 1.29 is 14.7 Å². The third-order valence-corrected chi connectivity index (χ3v) is 3.89. The summed E-state index contributed by atoms with van der Waals surface area (Å²) in [5, 5.41) is 11.5. The molecule has 5 nitrogen and oxygen atoms in total. The van der Waals surface area contributed by atoms with Crippen LogP contribution in [0.2, 0.25) is 0 Å². The second kappa shape index (κ2) is 6.73. The van der Waals surface area contributed by atoms with Gasteiger partial charge in [0.1, 0.15) is 0 Å². The fourth-order valence-corrected chi connectivity index (χ4v) is 2.28. The van der Waals surface area contributed by atoms with Crippen molar-refractivity contribution in [1.82, 2.24) is 10.2 Å². The Bertz CT molecular complexity index is 299. The lowest BCUT2D eigenvalue weighted by atomic mass is 9.75. The minimum absolute atomic E-state index is 0.0357. The number of hydrogen-bond donors (Lipinski definition) is 2. The molecule has 0 aromatic heterocycles. The quantitative estimate of drug-likeness (QED) is 0.641. The first-order chi connectivity index (χ1) is 8.46. The van der Waals surface area contributed by atoms with Crippen LogP contribution in [-0.2, 0) is 9.59 Å². The number of unbranched alkanes of at least 4 members (excludes halogenated alkanes) is 1. The highest BCUT2D eigenvalue weighted by molar-refractivity contribution is 5.76. The van der Waals surface area contributed by atoms with E-state index in [1.807, 2.05) is 0 Å². The van der Waals surface area contributed by atoms with Crippen molar-refractivity contribution in [3.8, 4) is 0 Å². The maximum Gasteiger partial charge on any atom is 0.303 e. The lowest BCUT2D eigenvalue weighted by molar-refractivity contribution is -0.137. The number of likely N-dealkylation sites (N-methyl/N-ethyl adjacent to an activating group) is 1. The van der Waals surface area contributed by atoms with Crippen LogP contribution in [0, 0.1) is 0 Å². The zero-order valence-corrected chi connectivity index (χ0v) is 11.4. The second-order valence-electron chi connectivity index (χ2n) is 5.35. The molecule has 1 saturated carbocycles. The molecular formula is C13H24N2O3. The molecule has 0 aliphatic heterocycles. The summed E-state index contributed by atoms with van der Waals surface area (Å²) in [7, 11) is 4.11. The number of rotatable bonds is 8. The molecule has 0 spiro atoms. The van der Waals surface area contributed by atoms with E-state index < -0.39 is 5.97 Å². The summed E-state index contributed by atoms with van der Waals surface area (Å²) in [5.41, 5.74) is 0.150. The first-order valence-electron chi connectivity index (χ1n) is 6.62. The van der Waals surface area contributed by atoms with Crippen molar-refractivity contribution in [3.63, 3.8) is 0 Å². The molecular weight excluding hydrogens is 232 g/mol. The lowest BCUT2D eigenvalue weighted by Crippen LogP contribution is -2.57. The van der Waals surface area contributed by atoms with Gasteiger partial charge in [-0.1, -0.05) is 0 Å². The maximum atomic E-state index is 11.6. The Morgan fingerprint density at radius 3 is 2.28 bits per heavy atom. The molecule has 1 aliphatic rings. The van der Waals surface area contributed by atoms with Gasteiger partial charge in [-0.05, 0) is 46.2 Å². The van der Waals surface area contributed by atoms with Crippen LogP contribution in [0.4, 0.5) is 0 Å². The van der Waals surface area contributed by atoms with E-state index in [-0.39, 0.29) is 17.9 Å². The highest BCUT2D eigenvalue weighted by atomic mass is 16.4. The summed E-state index contributed by atoms with van der Waals surface area (Å²) >= 11 is 0. The van der Waals surface area contributed by atoms with Gasteiger partial charge in [0.05, 0.1) is 0 Å². The molecule has 0 bridgehead atoms. The maximum absolute atomic E-state index is 11.6. The lowest BCUT2D eigenvalue weighted by Gasteiger charge is -2.47. The van der Waals surface area contributed by atoms with Crippen molar-refractivity contribution in [2.24, 2.45) is 0 Å². The third-order valence-electron chi connectivity index (χ3n) is 3.89. The molecule has 0 heterocycles. The molecule has 0 unspecified atom stereocenters. The number of amides is 1. The van der Waals surface area contributed by atoms with Crippen LogP contribution in [-0.4, -0.2) is 48.1 Å². The van der Waals surface area contributed by atoms with E-state index in [1.165, 1.54) is 6.42 Å². The number of carboxylic acid groups (broad SMARTS) is 1. The van der Waals surface area contributed by atoms with Crippen molar-refractivity contribution in [2.45, 2.75) is 50.5 Å². The number of carbonyl (C=O) groups excluding carboxylic acids is 1. The summed E-state index contributed by atoms with van der Waals surface area (Å²) < 4.78 is 0. The molecule has 1 aliphatic carbocycles. The fourth-order valence-electron chi connectivity index (χ4n) is 2.28. The summed E-state index contributed by atoms with van der Waals surface area (Å²) in [6.45, 7) is 0.706. The normalized spacial score (nSPS) is 17.3. The van der Waals surface area contributed by atoms with Crippen LogP contribution in [0.5, 0.6) is 0 Å². The number of nitrogens with zero attached hydrogens (tertiary/aromatic N) is 1. The molecule has 5 heteroatoms. The Balaban J connectivity index is 2.15. The van der Waals surface area contributed by atoms with Crippen molar-refractivity contribution in [2.75, 3.05) is 20.6 Å². The van der Waals surface area contributed by atoms with Gasteiger partial charge >= 0.3 is 5.97 Å². The van der Waals surface area contributed by atoms with Gasteiger partial charge in [-0.25, -0.2) is 0 Å². The van der Waals surface area contributed by atoms with Gasteiger partial charge in [-0.15, -0.1) is 0 Å². The molecule has 1 rings (SSSR count). The molecule has 1 amide bonds. The minimum Gasteiger partial charge on any atom is -0.481 e. The first-order valence-corrected chi connectivity index (χ1v) is 6.62.